The van der Waals surface area contributed by atoms with Gasteiger partial charge >= 0.3 is 5.97 Å². The molecule has 1 aliphatic heterocycles. The Morgan fingerprint density at radius 3 is 2.79 bits per heavy atom. The van der Waals surface area contributed by atoms with E-state index in [9.17, 15) is 4.79 Å². The minimum absolute atomic E-state index is 0.0120. The van der Waals surface area contributed by atoms with E-state index in [-0.39, 0.29) is 18.0 Å². The van der Waals surface area contributed by atoms with E-state index in [0.29, 0.717) is 12.5 Å². The highest BCUT2D eigenvalue weighted by atomic mass is 16.6. The first kappa shape index (κ1) is 14.8. The Bertz CT molecular complexity index is 287. The van der Waals surface area contributed by atoms with Crippen LogP contribution in [0.1, 0.15) is 39.5 Å². The molecule has 1 aliphatic carbocycles. The molecule has 19 heavy (non-hydrogen) atoms. The molecular weight excluding hydrogens is 242 g/mol. The predicted molar refractivity (Wildman–Crippen MR) is 73.9 cm³/mol. The number of carbonyl (C=O) groups is 1. The SMILES string of the molecule is CC(C)CN1CCOC(COC(=O)C2CCCC2)C1. The van der Waals surface area contributed by atoms with Crippen molar-refractivity contribution in [2.45, 2.75) is 45.6 Å². The molecule has 0 bridgehead atoms. The van der Waals surface area contributed by atoms with Crippen molar-refractivity contribution in [1.29, 1.82) is 0 Å². The van der Waals surface area contributed by atoms with Gasteiger partial charge in [-0.3, -0.25) is 9.69 Å². The number of rotatable bonds is 5. The molecule has 0 spiro atoms. The first-order chi connectivity index (χ1) is 9.15. The van der Waals surface area contributed by atoms with Crippen LogP contribution in [0.4, 0.5) is 0 Å². The standard InChI is InChI=1S/C15H27NO3/c1-12(2)9-16-7-8-18-14(10-16)11-19-15(17)13-5-3-4-6-13/h12-14H,3-11H2,1-2H3. The summed E-state index contributed by atoms with van der Waals surface area (Å²) in [7, 11) is 0. The highest BCUT2D eigenvalue weighted by molar-refractivity contribution is 5.72. The summed E-state index contributed by atoms with van der Waals surface area (Å²) in [5.41, 5.74) is 0. The third-order valence-corrected chi connectivity index (χ3v) is 3.95. The first-order valence-electron chi connectivity index (χ1n) is 7.65. The molecule has 110 valence electrons. The van der Waals surface area contributed by atoms with Gasteiger partial charge in [-0.05, 0) is 18.8 Å². The van der Waals surface area contributed by atoms with Gasteiger partial charge < -0.3 is 9.47 Å². The fourth-order valence-corrected chi connectivity index (χ4v) is 3.02. The van der Waals surface area contributed by atoms with Crippen molar-refractivity contribution < 1.29 is 14.3 Å². The summed E-state index contributed by atoms with van der Waals surface area (Å²) < 4.78 is 11.1. The quantitative estimate of drug-likeness (QED) is 0.716. The summed E-state index contributed by atoms with van der Waals surface area (Å²) in [5, 5.41) is 0. The molecule has 0 N–H and O–H groups in total. The van der Waals surface area contributed by atoms with Crippen LogP contribution in [-0.4, -0.2) is 49.8 Å². The van der Waals surface area contributed by atoms with E-state index >= 15 is 0 Å². The molecule has 2 fully saturated rings. The highest BCUT2D eigenvalue weighted by Crippen LogP contribution is 2.25. The van der Waals surface area contributed by atoms with Crippen LogP contribution in [-0.2, 0) is 14.3 Å². The highest BCUT2D eigenvalue weighted by Gasteiger charge is 2.26. The zero-order valence-electron chi connectivity index (χ0n) is 12.3. The van der Waals surface area contributed by atoms with Crippen molar-refractivity contribution >= 4 is 5.97 Å². The van der Waals surface area contributed by atoms with E-state index in [0.717, 1.165) is 39.1 Å². The van der Waals surface area contributed by atoms with E-state index in [4.69, 9.17) is 9.47 Å². The van der Waals surface area contributed by atoms with Gasteiger partial charge in [0.2, 0.25) is 0 Å². The summed E-state index contributed by atoms with van der Waals surface area (Å²) in [6, 6.07) is 0. The van der Waals surface area contributed by atoms with Crippen LogP contribution in [0.15, 0.2) is 0 Å². The number of hydrogen-bond acceptors (Lipinski definition) is 4. The third kappa shape index (κ3) is 4.77. The molecule has 1 heterocycles. The van der Waals surface area contributed by atoms with Crippen molar-refractivity contribution in [2.24, 2.45) is 11.8 Å². The molecule has 0 aromatic carbocycles. The summed E-state index contributed by atoms with van der Waals surface area (Å²) >= 11 is 0. The topological polar surface area (TPSA) is 38.8 Å². The van der Waals surface area contributed by atoms with Crippen LogP contribution in [0, 0.1) is 11.8 Å². The Morgan fingerprint density at radius 2 is 2.11 bits per heavy atom. The van der Waals surface area contributed by atoms with Gasteiger partial charge in [0.05, 0.1) is 12.5 Å². The van der Waals surface area contributed by atoms with Crippen LogP contribution < -0.4 is 0 Å². The molecule has 1 atom stereocenters. The molecule has 0 amide bonds. The van der Waals surface area contributed by atoms with Gasteiger partial charge in [0.25, 0.3) is 0 Å². The van der Waals surface area contributed by atoms with Gasteiger partial charge in [-0.25, -0.2) is 0 Å². The zero-order chi connectivity index (χ0) is 13.7. The van der Waals surface area contributed by atoms with E-state index in [1.807, 2.05) is 0 Å². The Hall–Kier alpha value is -0.610. The van der Waals surface area contributed by atoms with Gasteiger partial charge in [-0.2, -0.15) is 0 Å². The van der Waals surface area contributed by atoms with Crippen LogP contribution in [0.25, 0.3) is 0 Å². The second-order valence-corrected chi connectivity index (χ2v) is 6.26. The van der Waals surface area contributed by atoms with Crippen molar-refractivity contribution in [2.75, 3.05) is 32.8 Å². The summed E-state index contributed by atoms with van der Waals surface area (Å²) in [5.74, 6) is 0.803. The zero-order valence-corrected chi connectivity index (χ0v) is 12.3. The molecule has 0 radical (unpaired) electrons. The maximum Gasteiger partial charge on any atom is 0.309 e. The van der Waals surface area contributed by atoms with E-state index in [2.05, 4.69) is 18.7 Å². The normalized spacial score (nSPS) is 25.9. The van der Waals surface area contributed by atoms with Crippen molar-refractivity contribution in [3.63, 3.8) is 0 Å². The second kappa shape index (κ2) is 7.25. The number of ether oxygens (including phenoxy) is 2. The van der Waals surface area contributed by atoms with Gasteiger partial charge in [0.1, 0.15) is 12.7 Å². The number of carbonyl (C=O) groups excluding carboxylic acids is 1. The van der Waals surface area contributed by atoms with Gasteiger partial charge in [-0.1, -0.05) is 26.7 Å². The van der Waals surface area contributed by atoms with Gasteiger partial charge in [0.15, 0.2) is 0 Å². The van der Waals surface area contributed by atoms with E-state index in [1.54, 1.807) is 0 Å². The van der Waals surface area contributed by atoms with Gasteiger partial charge in [-0.15, -0.1) is 0 Å². The fourth-order valence-electron chi connectivity index (χ4n) is 3.02. The number of nitrogens with zero attached hydrogens (tertiary/aromatic N) is 1. The van der Waals surface area contributed by atoms with Crippen LogP contribution in [0.3, 0.4) is 0 Å². The van der Waals surface area contributed by atoms with E-state index < -0.39 is 0 Å². The number of esters is 1. The van der Waals surface area contributed by atoms with Crippen LogP contribution >= 0.6 is 0 Å². The lowest BCUT2D eigenvalue weighted by atomic mass is 10.1. The fraction of sp³-hybridized carbons (Fsp3) is 0.933. The summed E-state index contributed by atoms with van der Waals surface area (Å²) in [6.45, 7) is 8.59. The van der Waals surface area contributed by atoms with Crippen LogP contribution in [0.5, 0.6) is 0 Å². The van der Waals surface area contributed by atoms with Gasteiger partial charge in [0, 0.05) is 19.6 Å². The Morgan fingerprint density at radius 1 is 1.37 bits per heavy atom. The monoisotopic (exact) mass is 269 g/mol. The third-order valence-electron chi connectivity index (χ3n) is 3.95. The lowest BCUT2D eigenvalue weighted by molar-refractivity contribution is -0.155. The molecular formula is C15H27NO3. The maximum atomic E-state index is 11.9. The molecule has 4 heteroatoms. The molecule has 2 rings (SSSR count). The van der Waals surface area contributed by atoms with E-state index in [1.165, 1.54) is 12.8 Å². The molecule has 1 unspecified atom stereocenters. The summed E-state index contributed by atoms with van der Waals surface area (Å²) in [6.07, 6.45) is 4.40. The molecule has 1 saturated heterocycles. The Labute approximate surface area is 116 Å². The lowest BCUT2D eigenvalue weighted by Gasteiger charge is -2.33. The number of hydrogen-bond donors (Lipinski definition) is 0. The van der Waals surface area contributed by atoms with Crippen LogP contribution in [0.2, 0.25) is 0 Å². The molecule has 0 aromatic rings. The maximum absolute atomic E-state index is 11.9. The van der Waals surface area contributed by atoms with Crippen molar-refractivity contribution in [3.05, 3.63) is 0 Å². The molecule has 0 aromatic heterocycles. The molecule has 1 saturated carbocycles. The minimum Gasteiger partial charge on any atom is -0.463 e. The second-order valence-electron chi connectivity index (χ2n) is 6.26. The average molecular weight is 269 g/mol. The largest absolute Gasteiger partial charge is 0.463 e. The molecule has 4 nitrogen and oxygen atoms in total. The Kier molecular flexibility index (Phi) is 5.64. The smallest absolute Gasteiger partial charge is 0.309 e. The van der Waals surface area contributed by atoms with Crippen molar-refractivity contribution in [3.8, 4) is 0 Å². The Balaban J connectivity index is 1.68. The average Bonchev–Trinajstić information content (AvgIpc) is 2.89. The first-order valence-corrected chi connectivity index (χ1v) is 7.65. The van der Waals surface area contributed by atoms with Crippen molar-refractivity contribution in [1.82, 2.24) is 4.90 Å². The minimum atomic E-state index is -0.0120. The molecule has 2 aliphatic rings. The number of morpholine rings is 1. The lowest BCUT2D eigenvalue weighted by Crippen LogP contribution is -2.46. The predicted octanol–water partition coefficient (Wildman–Crippen LogP) is 2.08. The summed E-state index contributed by atoms with van der Waals surface area (Å²) in [4.78, 5) is 14.3.